The number of nitrogens with one attached hydrogen (secondary N) is 1. The number of carbonyl (C=O) groups is 1. The second kappa shape index (κ2) is 7.81. The van der Waals surface area contributed by atoms with E-state index < -0.39 is 0 Å². The van der Waals surface area contributed by atoms with Crippen LogP contribution in [0.3, 0.4) is 0 Å². The predicted molar refractivity (Wildman–Crippen MR) is 90.7 cm³/mol. The molecule has 1 amide bonds. The van der Waals surface area contributed by atoms with E-state index in [1.165, 1.54) is 70.9 Å². The molecule has 2 aliphatic heterocycles. The molecule has 1 N–H and O–H groups in total. The van der Waals surface area contributed by atoms with Crippen LogP contribution in [0, 0.1) is 11.8 Å². The van der Waals surface area contributed by atoms with Crippen molar-refractivity contribution in [1.29, 1.82) is 0 Å². The first-order chi connectivity index (χ1) is 10.8. The molecule has 22 heavy (non-hydrogen) atoms. The third kappa shape index (κ3) is 3.84. The van der Waals surface area contributed by atoms with Crippen molar-refractivity contribution < 1.29 is 4.79 Å². The van der Waals surface area contributed by atoms with Gasteiger partial charge in [-0.15, -0.1) is 0 Å². The zero-order valence-corrected chi connectivity index (χ0v) is 14.4. The van der Waals surface area contributed by atoms with Crippen LogP contribution in [0.15, 0.2) is 0 Å². The summed E-state index contributed by atoms with van der Waals surface area (Å²) in [5.41, 5.74) is 0. The van der Waals surface area contributed by atoms with Crippen LogP contribution in [-0.2, 0) is 4.79 Å². The third-order valence-corrected chi connectivity index (χ3v) is 6.37. The highest BCUT2D eigenvalue weighted by atomic mass is 16.2. The number of unbranched alkanes of at least 4 members (excludes halogenated alkanes) is 1. The number of amides is 1. The Morgan fingerprint density at radius 1 is 1.05 bits per heavy atom. The molecule has 2 atom stereocenters. The Morgan fingerprint density at radius 2 is 1.86 bits per heavy atom. The highest BCUT2D eigenvalue weighted by Crippen LogP contribution is 2.33. The number of carbonyl (C=O) groups excluding carboxylic acids is 1. The van der Waals surface area contributed by atoms with Gasteiger partial charge in [-0.1, -0.05) is 32.6 Å². The van der Waals surface area contributed by atoms with Crippen LogP contribution in [0.5, 0.6) is 0 Å². The minimum Gasteiger partial charge on any atom is -0.352 e. The summed E-state index contributed by atoms with van der Waals surface area (Å²) in [5, 5.41) is 3.43. The summed E-state index contributed by atoms with van der Waals surface area (Å²) in [5.74, 6) is 1.56. The second-order valence-corrected chi connectivity index (χ2v) is 7.86. The van der Waals surface area contributed by atoms with Gasteiger partial charge in [0.25, 0.3) is 0 Å². The monoisotopic (exact) mass is 306 g/mol. The lowest BCUT2D eigenvalue weighted by molar-refractivity contribution is -0.127. The fourth-order valence-corrected chi connectivity index (χ4v) is 4.92. The fraction of sp³-hybridized carbons (Fsp3) is 0.947. The molecule has 3 nitrogen and oxygen atoms in total. The van der Waals surface area contributed by atoms with Gasteiger partial charge in [0.2, 0.25) is 5.91 Å². The van der Waals surface area contributed by atoms with Gasteiger partial charge in [-0.3, -0.25) is 9.69 Å². The summed E-state index contributed by atoms with van der Waals surface area (Å²) in [6, 6.07) is 1.07. The molecular formula is C19H34N2O. The third-order valence-electron chi connectivity index (χ3n) is 6.37. The number of piperidine rings is 1. The van der Waals surface area contributed by atoms with Crippen molar-refractivity contribution >= 4 is 5.91 Å². The summed E-state index contributed by atoms with van der Waals surface area (Å²) in [4.78, 5) is 15.2. The van der Waals surface area contributed by atoms with Gasteiger partial charge < -0.3 is 5.32 Å². The quantitative estimate of drug-likeness (QED) is 0.839. The maximum atomic E-state index is 12.6. The Balaban J connectivity index is 1.43. The Bertz CT molecular complexity index is 362. The molecular weight excluding hydrogens is 272 g/mol. The summed E-state index contributed by atoms with van der Waals surface area (Å²) in [6.07, 6.45) is 14.0. The summed E-state index contributed by atoms with van der Waals surface area (Å²) in [6.45, 7) is 4.72. The van der Waals surface area contributed by atoms with E-state index in [4.69, 9.17) is 0 Å². The molecule has 0 aromatic heterocycles. The van der Waals surface area contributed by atoms with Crippen LogP contribution in [0.25, 0.3) is 0 Å². The van der Waals surface area contributed by atoms with E-state index in [0.29, 0.717) is 23.9 Å². The van der Waals surface area contributed by atoms with Crippen molar-refractivity contribution in [3.8, 4) is 0 Å². The first kappa shape index (κ1) is 16.3. The van der Waals surface area contributed by atoms with E-state index in [0.717, 1.165) is 18.8 Å². The van der Waals surface area contributed by atoms with Gasteiger partial charge in [-0.05, 0) is 57.4 Å². The lowest BCUT2D eigenvalue weighted by atomic mass is 9.79. The SMILES string of the molecule is CCCCC1CCC(C(=O)NC2CCN3CCCCC23)CC1. The highest BCUT2D eigenvalue weighted by molar-refractivity contribution is 5.79. The number of hydrogen-bond acceptors (Lipinski definition) is 2. The highest BCUT2D eigenvalue weighted by Gasteiger charge is 2.37. The Morgan fingerprint density at radius 3 is 2.64 bits per heavy atom. The van der Waals surface area contributed by atoms with Crippen molar-refractivity contribution in [2.24, 2.45) is 11.8 Å². The zero-order chi connectivity index (χ0) is 15.4. The van der Waals surface area contributed by atoms with E-state index in [1.54, 1.807) is 0 Å². The van der Waals surface area contributed by atoms with Gasteiger partial charge in [0.15, 0.2) is 0 Å². The van der Waals surface area contributed by atoms with Gasteiger partial charge in [-0.25, -0.2) is 0 Å². The number of fused-ring (bicyclic) bond motifs is 1. The Hall–Kier alpha value is -0.570. The molecule has 0 aromatic rings. The van der Waals surface area contributed by atoms with E-state index in [2.05, 4.69) is 17.1 Å². The van der Waals surface area contributed by atoms with E-state index in [-0.39, 0.29) is 0 Å². The van der Waals surface area contributed by atoms with Gasteiger partial charge in [-0.2, -0.15) is 0 Å². The molecule has 0 bridgehead atoms. The lowest BCUT2D eigenvalue weighted by Crippen LogP contribution is -2.48. The molecule has 0 aromatic carbocycles. The molecule has 0 radical (unpaired) electrons. The van der Waals surface area contributed by atoms with Crippen molar-refractivity contribution in [3.05, 3.63) is 0 Å². The Kier molecular flexibility index (Phi) is 5.78. The van der Waals surface area contributed by atoms with Crippen LogP contribution in [0.1, 0.15) is 77.6 Å². The van der Waals surface area contributed by atoms with E-state index >= 15 is 0 Å². The molecule has 3 heteroatoms. The average Bonchev–Trinajstić information content (AvgIpc) is 2.96. The smallest absolute Gasteiger partial charge is 0.223 e. The Labute approximate surface area is 136 Å². The zero-order valence-electron chi connectivity index (χ0n) is 14.4. The molecule has 2 saturated heterocycles. The minimum absolute atomic E-state index is 0.301. The molecule has 3 aliphatic rings. The molecule has 126 valence electrons. The fourth-order valence-electron chi connectivity index (χ4n) is 4.92. The van der Waals surface area contributed by atoms with Crippen molar-refractivity contribution in [2.45, 2.75) is 89.6 Å². The molecule has 0 spiro atoms. The topological polar surface area (TPSA) is 32.3 Å². The molecule has 2 unspecified atom stereocenters. The van der Waals surface area contributed by atoms with E-state index in [1.807, 2.05) is 0 Å². The van der Waals surface area contributed by atoms with Gasteiger partial charge in [0.1, 0.15) is 0 Å². The van der Waals surface area contributed by atoms with Gasteiger partial charge in [0.05, 0.1) is 0 Å². The largest absolute Gasteiger partial charge is 0.352 e. The number of nitrogens with zero attached hydrogens (tertiary/aromatic N) is 1. The number of hydrogen-bond donors (Lipinski definition) is 1. The second-order valence-electron chi connectivity index (χ2n) is 7.86. The van der Waals surface area contributed by atoms with Crippen molar-refractivity contribution in [1.82, 2.24) is 10.2 Å². The molecule has 3 fully saturated rings. The van der Waals surface area contributed by atoms with Crippen LogP contribution in [0.4, 0.5) is 0 Å². The van der Waals surface area contributed by atoms with Gasteiger partial charge in [0, 0.05) is 24.5 Å². The van der Waals surface area contributed by atoms with Crippen LogP contribution in [-0.4, -0.2) is 36.0 Å². The van der Waals surface area contributed by atoms with Crippen LogP contribution in [0.2, 0.25) is 0 Å². The lowest BCUT2D eigenvalue weighted by Gasteiger charge is -2.34. The van der Waals surface area contributed by atoms with Crippen LogP contribution < -0.4 is 5.32 Å². The van der Waals surface area contributed by atoms with Gasteiger partial charge >= 0.3 is 0 Å². The maximum absolute atomic E-state index is 12.6. The first-order valence-corrected chi connectivity index (χ1v) is 9.82. The average molecular weight is 306 g/mol. The van der Waals surface area contributed by atoms with E-state index in [9.17, 15) is 4.79 Å². The standard InChI is InChI=1S/C19H34N2O/c1-2-3-6-15-8-10-16(11-9-15)19(22)20-17-12-14-21-13-5-4-7-18(17)21/h15-18H,2-14H2,1H3,(H,20,22). The molecule has 2 heterocycles. The molecule has 3 rings (SSSR count). The predicted octanol–water partition coefficient (Wildman–Crippen LogP) is 3.73. The summed E-state index contributed by atoms with van der Waals surface area (Å²) >= 11 is 0. The van der Waals surface area contributed by atoms with Crippen molar-refractivity contribution in [3.63, 3.8) is 0 Å². The maximum Gasteiger partial charge on any atom is 0.223 e. The minimum atomic E-state index is 0.301. The molecule has 1 aliphatic carbocycles. The molecule has 1 saturated carbocycles. The summed E-state index contributed by atoms with van der Waals surface area (Å²) < 4.78 is 0. The summed E-state index contributed by atoms with van der Waals surface area (Å²) in [7, 11) is 0. The normalized spacial score (nSPS) is 36.0. The number of rotatable bonds is 5. The first-order valence-electron chi connectivity index (χ1n) is 9.82. The van der Waals surface area contributed by atoms with Crippen LogP contribution >= 0.6 is 0 Å². The van der Waals surface area contributed by atoms with Crippen molar-refractivity contribution in [2.75, 3.05) is 13.1 Å².